The van der Waals surface area contributed by atoms with Crippen LogP contribution in [0, 0.1) is 5.92 Å². The van der Waals surface area contributed by atoms with Crippen molar-refractivity contribution >= 4 is 24.3 Å². The van der Waals surface area contributed by atoms with Crippen LogP contribution in [-0.4, -0.2) is 44.2 Å². The van der Waals surface area contributed by atoms with Gasteiger partial charge < -0.3 is 21.3 Å². The molecule has 2 rings (SSSR count). The first-order valence-electron chi connectivity index (χ1n) is 9.26. The highest BCUT2D eigenvalue weighted by atomic mass is 35.5. The van der Waals surface area contributed by atoms with Crippen molar-refractivity contribution < 1.29 is 9.59 Å². The maximum Gasteiger partial charge on any atom is 0.315 e. The molecule has 1 unspecified atom stereocenters. The third kappa shape index (κ3) is 8.73. The lowest BCUT2D eigenvalue weighted by Crippen LogP contribution is -2.43. The van der Waals surface area contributed by atoms with Gasteiger partial charge in [0.25, 0.3) is 0 Å². The Balaban J connectivity index is 0.00000288. The predicted molar refractivity (Wildman–Crippen MR) is 98.5 cm³/mol. The Bertz CT molecular complexity index is 370. The van der Waals surface area contributed by atoms with E-state index in [-0.39, 0.29) is 24.3 Å². The largest absolute Gasteiger partial charge is 0.356 e. The van der Waals surface area contributed by atoms with Crippen molar-refractivity contribution in [3.05, 3.63) is 0 Å². The summed E-state index contributed by atoms with van der Waals surface area (Å²) in [5.41, 5.74) is 0. The van der Waals surface area contributed by atoms with E-state index in [1.54, 1.807) is 0 Å². The molecule has 1 saturated heterocycles. The van der Waals surface area contributed by atoms with E-state index in [0.29, 0.717) is 31.3 Å². The molecular formula is C17H33ClN4O2. The number of halogens is 1. The molecule has 7 heteroatoms. The molecule has 4 N–H and O–H groups in total. The zero-order valence-electron chi connectivity index (χ0n) is 14.6. The van der Waals surface area contributed by atoms with Crippen LogP contribution in [0.1, 0.15) is 57.8 Å². The average Bonchev–Trinajstić information content (AvgIpc) is 3.06. The summed E-state index contributed by atoms with van der Waals surface area (Å²) >= 11 is 0. The van der Waals surface area contributed by atoms with Crippen molar-refractivity contribution in [1.29, 1.82) is 0 Å². The van der Waals surface area contributed by atoms with Gasteiger partial charge in [0.2, 0.25) is 5.91 Å². The Kier molecular flexibility index (Phi) is 10.8. The fraction of sp³-hybridized carbons (Fsp3) is 0.882. The van der Waals surface area contributed by atoms with Crippen LogP contribution < -0.4 is 21.3 Å². The lowest BCUT2D eigenvalue weighted by molar-refractivity contribution is -0.121. The number of amides is 3. The normalized spacial score (nSPS) is 20.9. The second-order valence-electron chi connectivity index (χ2n) is 6.84. The SMILES string of the molecule is Cl.O=C(CCCNC(=O)NC1CCCCC1)NCCC1CCNC1. The van der Waals surface area contributed by atoms with Gasteiger partial charge in [0.15, 0.2) is 0 Å². The van der Waals surface area contributed by atoms with Gasteiger partial charge in [-0.05, 0) is 51.1 Å². The van der Waals surface area contributed by atoms with E-state index in [2.05, 4.69) is 21.3 Å². The first kappa shape index (κ1) is 21.0. The monoisotopic (exact) mass is 360 g/mol. The third-order valence-electron chi connectivity index (χ3n) is 4.84. The van der Waals surface area contributed by atoms with Gasteiger partial charge in [-0.3, -0.25) is 4.79 Å². The van der Waals surface area contributed by atoms with Crippen LogP contribution in [0.3, 0.4) is 0 Å². The Morgan fingerprint density at radius 3 is 2.50 bits per heavy atom. The minimum absolute atomic E-state index is 0. The van der Waals surface area contributed by atoms with E-state index in [1.807, 2.05) is 0 Å². The first-order valence-corrected chi connectivity index (χ1v) is 9.26. The highest BCUT2D eigenvalue weighted by Crippen LogP contribution is 2.17. The van der Waals surface area contributed by atoms with E-state index < -0.39 is 0 Å². The molecule has 140 valence electrons. The molecule has 1 heterocycles. The molecule has 1 aliphatic heterocycles. The van der Waals surface area contributed by atoms with Crippen molar-refractivity contribution in [2.75, 3.05) is 26.2 Å². The molecule has 1 aliphatic carbocycles. The van der Waals surface area contributed by atoms with Crippen LogP contribution in [0.5, 0.6) is 0 Å². The van der Waals surface area contributed by atoms with Crippen molar-refractivity contribution in [3.8, 4) is 0 Å². The maximum atomic E-state index is 11.7. The lowest BCUT2D eigenvalue weighted by Gasteiger charge is -2.22. The molecule has 0 spiro atoms. The summed E-state index contributed by atoms with van der Waals surface area (Å²) in [6.45, 7) is 3.50. The first-order chi connectivity index (χ1) is 11.2. The third-order valence-corrected chi connectivity index (χ3v) is 4.84. The van der Waals surface area contributed by atoms with Crippen LogP contribution in [0.2, 0.25) is 0 Å². The van der Waals surface area contributed by atoms with Gasteiger partial charge in [-0.25, -0.2) is 4.79 Å². The quantitative estimate of drug-likeness (QED) is 0.499. The van der Waals surface area contributed by atoms with Gasteiger partial charge in [-0.2, -0.15) is 0 Å². The summed E-state index contributed by atoms with van der Waals surface area (Å²) in [5.74, 6) is 0.797. The summed E-state index contributed by atoms with van der Waals surface area (Å²) in [4.78, 5) is 23.5. The lowest BCUT2D eigenvalue weighted by atomic mass is 9.96. The minimum Gasteiger partial charge on any atom is -0.356 e. The predicted octanol–water partition coefficient (Wildman–Crippen LogP) is 1.94. The fourth-order valence-corrected chi connectivity index (χ4v) is 3.40. The van der Waals surface area contributed by atoms with Crippen molar-refractivity contribution in [2.45, 2.75) is 63.8 Å². The van der Waals surface area contributed by atoms with Gasteiger partial charge in [0.1, 0.15) is 0 Å². The Morgan fingerprint density at radius 1 is 1.00 bits per heavy atom. The minimum atomic E-state index is -0.0916. The smallest absolute Gasteiger partial charge is 0.315 e. The highest BCUT2D eigenvalue weighted by Gasteiger charge is 2.15. The zero-order valence-corrected chi connectivity index (χ0v) is 15.4. The van der Waals surface area contributed by atoms with Gasteiger partial charge >= 0.3 is 6.03 Å². The number of nitrogens with one attached hydrogen (secondary N) is 4. The zero-order chi connectivity index (χ0) is 16.3. The molecule has 0 radical (unpaired) electrons. The van der Waals surface area contributed by atoms with Crippen LogP contribution in [0.25, 0.3) is 0 Å². The van der Waals surface area contributed by atoms with Gasteiger partial charge in [-0.15, -0.1) is 12.4 Å². The summed E-state index contributed by atoms with van der Waals surface area (Å²) in [6.07, 6.45) is 9.33. The molecule has 2 fully saturated rings. The van der Waals surface area contributed by atoms with Crippen molar-refractivity contribution in [1.82, 2.24) is 21.3 Å². The van der Waals surface area contributed by atoms with Crippen LogP contribution >= 0.6 is 12.4 Å². The highest BCUT2D eigenvalue weighted by molar-refractivity contribution is 5.85. The number of rotatable bonds is 8. The van der Waals surface area contributed by atoms with Crippen LogP contribution in [0.15, 0.2) is 0 Å². The molecule has 0 aromatic heterocycles. The van der Waals surface area contributed by atoms with Gasteiger partial charge in [0.05, 0.1) is 0 Å². The van der Waals surface area contributed by atoms with Gasteiger partial charge in [0, 0.05) is 25.6 Å². The standard InChI is InChI=1S/C17H32N4O2.ClH/c22-16(19-12-9-14-8-11-18-13-14)7-4-10-20-17(23)21-15-5-2-1-3-6-15;/h14-15,18H,1-13H2,(H,19,22)(H2,20,21,23);1H. The van der Waals surface area contributed by atoms with E-state index in [4.69, 9.17) is 0 Å². The molecule has 1 atom stereocenters. The van der Waals surface area contributed by atoms with E-state index in [0.717, 1.165) is 38.9 Å². The number of carbonyl (C=O) groups is 2. The Morgan fingerprint density at radius 2 is 1.79 bits per heavy atom. The van der Waals surface area contributed by atoms with Crippen LogP contribution in [-0.2, 0) is 4.79 Å². The number of hydrogen-bond donors (Lipinski definition) is 4. The molecule has 0 aromatic rings. The van der Waals surface area contributed by atoms with E-state index in [1.165, 1.54) is 25.7 Å². The molecule has 2 aliphatic rings. The van der Waals surface area contributed by atoms with E-state index in [9.17, 15) is 9.59 Å². The second-order valence-corrected chi connectivity index (χ2v) is 6.84. The summed E-state index contributed by atoms with van der Waals surface area (Å²) in [6, 6.07) is 0.239. The molecule has 3 amide bonds. The number of hydrogen-bond acceptors (Lipinski definition) is 3. The molecule has 0 aromatic carbocycles. The molecule has 6 nitrogen and oxygen atoms in total. The molecule has 24 heavy (non-hydrogen) atoms. The Labute approximate surface area is 151 Å². The summed E-state index contributed by atoms with van der Waals surface area (Å²) < 4.78 is 0. The van der Waals surface area contributed by atoms with E-state index >= 15 is 0 Å². The summed E-state index contributed by atoms with van der Waals surface area (Å²) in [5, 5.41) is 12.2. The Hall–Kier alpha value is -1.01. The second kappa shape index (κ2) is 12.4. The molecular weight excluding hydrogens is 328 g/mol. The maximum absolute atomic E-state index is 11.7. The van der Waals surface area contributed by atoms with Crippen molar-refractivity contribution in [3.63, 3.8) is 0 Å². The topological polar surface area (TPSA) is 82.3 Å². The molecule has 0 bridgehead atoms. The average molecular weight is 361 g/mol. The fourth-order valence-electron chi connectivity index (χ4n) is 3.40. The number of urea groups is 1. The van der Waals surface area contributed by atoms with Crippen molar-refractivity contribution in [2.24, 2.45) is 5.92 Å². The van der Waals surface area contributed by atoms with Gasteiger partial charge in [-0.1, -0.05) is 19.3 Å². The number of carbonyl (C=O) groups excluding carboxylic acids is 2. The summed E-state index contributed by atoms with van der Waals surface area (Å²) in [7, 11) is 0. The van der Waals surface area contributed by atoms with Crippen LogP contribution in [0.4, 0.5) is 4.79 Å². The molecule has 1 saturated carbocycles.